The molecular formula is C12H24O4. The van der Waals surface area contributed by atoms with E-state index in [9.17, 15) is 4.79 Å². The highest BCUT2D eigenvalue weighted by Gasteiger charge is 2.01. The lowest BCUT2D eigenvalue weighted by Crippen LogP contribution is -2.11. The lowest BCUT2D eigenvalue weighted by Gasteiger charge is -2.08. The van der Waals surface area contributed by atoms with Crippen molar-refractivity contribution in [3.05, 3.63) is 0 Å². The summed E-state index contributed by atoms with van der Waals surface area (Å²) in [5.41, 5.74) is 0. The van der Waals surface area contributed by atoms with Gasteiger partial charge in [-0.1, -0.05) is 6.92 Å². The van der Waals surface area contributed by atoms with Crippen LogP contribution in [0.4, 0.5) is 0 Å². The topological polar surface area (TPSA) is 44.8 Å². The first-order valence-electron chi connectivity index (χ1n) is 6.01. The molecule has 0 bridgehead atoms. The normalized spacial score (nSPS) is 10.8. The Balaban J connectivity index is 3.11. The second kappa shape index (κ2) is 10.9. The molecule has 0 unspecified atom stereocenters. The third-order valence-electron chi connectivity index (χ3n) is 1.82. The second-order valence-electron chi connectivity index (χ2n) is 3.86. The van der Waals surface area contributed by atoms with Gasteiger partial charge in [-0.15, -0.1) is 0 Å². The summed E-state index contributed by atoms with van der Waals surface area (Å²) >= 11 is 0. The van der Waals surface area contributed by atoms with Crippen LogP contribution >= 0.6 is 0 Å². The summed E-state index contributed by atoms with van der Waals surface area (Å²) in [7, 11) is 0. The van der Waals surface area contributed by atoms with Crippen molar-refractivity contribution in [2.24, 2.45) is 0 Å². The predicted molar refractivity (Wildman–Crippen MR) is 62.4 cm³/mol. The van der Waals surface area contributed by atoms with Crippen molar-refractivity contribution in [3.8, 4) is 0 Å². The molecule has 0 rings (SSSR count). The highest BCUT2D eigenvalue weighted by atomic mass is 16.5. The van der Waals surface area contributed by atoms with E-state index in [-0.39, 0.29) is 12.1 Å². The zero-order valence-corrected chi connectivity index (χ0v) is 10.7. The van der Waals surface area contributed by atoms with E-state index in [0.717, 1.165) is 6.42 Å². The van der Waals surface area contributed by atoms with Crippen molar-refractivity contribution in [2.45, 2.75) is 46.1 Å². The van der Waals surface area contributed by atoms with Gasteiger partial charge in [0.2, 0.25) is 0 Å². The van der Waals surface area contributed by atoms with Crippen LogP contribution in [0.2, 0.25) is 0 Å². The molecule has 0 spiro atoms. The Bertz CT molecular complexity index is 168. The van der Waals surface area contributed by atoms with E-state index in [2.05, 4.69) is 0 Å². The molecule has 4 heteroatoms. The van der Waals surface area contributed by atoms with Gasteiger partial charge in [-0.2, -0.15) is 0 Å². The fraction of sp³-hybridized carbons (Fsp3) is 0.917. The maximum Gasteiger partial charge on any atom is 0.305 e. The van der Waals surface area contributed by atoms with Crippen LogP contribution in [0.5, 0.6) is 0 Å². The molecule has 0 aliphatic rings. The maximum atomic E-state index is 11.1. The van der Waals surface area contributed by atoms with Gasteiger partial charge in [0.25, 0.3) is 0 Å². The molecule has 16 heavy (non-hydrogen) atoms. The predicted octanol–water partition coefficient (Wildman–Crippen LogP) is 2.16. The SMILES string of the molecule is CCCOC(=O)CCCOCCOC(C)C. The van der Waals surface area contributed by atoms with Gasteiger partial charge in [0.1, 0.15) is 0 Å². The molecule has 0 radical (unpaired) electrons. The molecule has 0 amide bonds. The molecule has 0 atom stereocenters. The maximum absolute atomic E-state index is 11.1. The minimum Gasteiger partial charge on any atom is -0.466 e. The molecule has 0 heterocycles. The van der Waals surface area contributed by atoms with Gasteiger partial charge in [-0.05, 0) is 26.7 Å². The number of carbonyl (C=O) groups is 1. The van der Waals surface area contributed by atoms with Gasteiger partial charge in [-0.3, -0.25) is 4.79 Å². The van der Waals surface area contributed by atoms with E-state index < -0.39 is 0 Å². The number of esters is 1. The van der Waals surface area contributed by atoms with Crippen LogP contribution in [-0.2, 0) is 19.0 Å². The quantitative estimate of drug-likeness (QED) is 0.428. The summed E-state index contributed by atoms with van der Waals surface area (Å²) < 4.78 is 15.5. The lowest BCUT2D eigenvalue weighted by atomic mass is 10.3. The van der Waals surface area contributed by atoms with Crippen molar-refractivity contribution in [3.63, 3.8) is 0 Å². The first kappa shape index (κ1) is 15.4. The molecule has 0 saturated heterocycles. The first-order chi connectivity index (χ1) is 7.66. The minimum absolute atomic E-state index is 0.135. The van der Waals surface area contributed by atoms with Crippen molar-refractivity contribution < 1.29 is 19.0 Å². The van der Waals surface area contributed by atoms with Crippen molar-refractivity contribution >= 4 is 5.97 Å². The number of ether oxygens (including phenoxy) is 3. The van der Waals surface area contributed by atoms with Crippen LogP contribution in [0.15, 0.2) is 0 Å². The number of rotatable bonds is 10. The van der Waals surface area contributed by atoms with Gasteiger partial charge in [0, 0.05) is 13.0 Å². The van der Waals surface area contributed by atoms with Crippen molar-refractivity contribution in [1.29, 1.82) is 0 Å². The van der Waals surface area contributed by atoms with Crippen LogP contribution in [0, 0.1) is 0 Å². The molecule has 0 N–H and O–H groups in total. The Morgan fingerprint density at radius 3 is 2.50 bits per heavy atom. The van der Waals surface area contributed by atoms with Crippen LogP contribution in [0.1, 0.15) is 40.0 Å². The summed E-state index contributed by atoms with van der Waals surface area (Å²) in [6, 6.07) is 0. The monoisotopic (exact) mass is 232 g/mol. The summed E-state index contributed by atoms with van der Waals surface area (Å²) in [4.78, 5) is 11.1. The van der Waals surface area contributed by atoms with Crippen LogP contribution < -0.4 is 0 Å². The molecule has 96 valence electrons. The summed E-state index contributed by atoms with van der Waals surface area (Å²) in [6.45, 7) is 8.25. The van der Waals surface area contributed by atoms with Crippen molar-refractivity contribution in [2.75, 3.05) is 26.4 Å². The fourth-order valence-corrected chi connectivity index (χ4v) is 1.05. The summed E-state index contributed by atoms with van der Waals surface area (Å²) in [5, 5.41) is 0. The molecule has 0 aromatic rings. The molecule has 0 aliphatic heterocycles. The molecule has 0 aliphatic carbocycles. The Morgan fingerprint density at radius 2 is 1.88 bits per heavy atom. The number of hydrogen-bond donors (Lipinski definition) is 0. The Morgan fingerprint density at radius 1 is 1.12 bits per heavy atom. The molecule has 0 aromatic heterocycles. The largest absolute Gasteiger partial charge is 0.466 e. The third kappa shape index (κ3) is 11.5. The smallest absolute Gasteiger partial charge is 0.305 e. The average molecular weight is 232 g/mol. The molecule has 0 saturated carbocycles. The van der Waals surface area contributed by atoms with E-state index in [4.69, 9.17) is 14.2 Å². The van der Waals surface area contributed by atoms with E-state index in [0.29, 0.717) is 39.3 Å². The molecular weight excluding hydrogens is 208 g/mol. The minimum atomic E-state index is -0.135. The molecule has 0 aromatic carbocycles. The van der Waals surface area contributed by atoms with Crippen LogP contribution in [-0.4, -0.2) is 38.5 Å². The van der Waals surface area contributed by atoms with Crippen molar-refractivity contribution in [1.82, 2.24) is 0 Å². The standard InChI is InChI=1S/C12H24O4/c1-4-7-16-12(13)6-5-8-14-9-10-15-11(2)3/h11H,4-10H2,1-3H3. The highest BCUT2D eigenvalue weighted by molar-refractivity contribution is 5.69. The van der Waals surface area contributed by atoms with E-state index in [1.807, 2.05) is 20.8 Å². The number of hydrogen-bond acceptors (Lipinski definition) is 4. The van der Waals surface area contributed by atoms with E-state index in [1.54, 1.807) is 0 Å². The zero-order chi connectivity index (χ0) is 12.2. The van der Waals surface area contributed by atoms with Crippen LogP contribution in [0.25, 0.3) is 0 Å². The Kier molecular flexibility index (Phi) is 10.5. The lowest BCUT2D eigenvalue weighted by molar-refractivity contribution is -0.144. The second-order valence-corrected chi connectivity index (χ2v) is 3.86. The van der Waals surface area contributed by atoms with E-state index >= 15 is 0 Å². The van der Waals surface area contributed by atoms with Gasteiger partial charge in [0.15, 0.2) is 0 Å². The van der Waals surface area contributed by atoms with Gasteiger partial charge < -0.3 is 14.2 Å². The third-order valence-corrected chi connectivity index (χ3v) is 1.82. The summed E-state index contributed by atoms with van der Waals surface area (Å²) in [5.74, 6) is -0.135. The highest BCUT2D eigenvalue weighted by Crippen LogP contribution is 1.95. The van der Waals surface area contributed by atoms with Gasteiger partial charge in [0.05, 0.1) is 25.9 Å². The zero-order valence-electron chi connectivity index (χ0n) is 10.7. The first-order valence-corrected chi connectivity index (χ1v) is 6.01. The Labute approximate surface area is 98.3 Å². The van der Waals surface area contributed by atoms with Gasteiger partial charge in [-0.25, -0.2) is 0 Å². The average Bonchev–Trinajstić information content (AvgIpc) is 2.24. The fourth-order valence-electron chi connectivity index (χ4n) is 1.05. The number of carbonyl (C=O) groups excluding carboxylic acids is 1. The van der Waals surface area contributed by atoms with E-state index in [1.165, 1.54) is 0 Å². The summed E-state index contributed by atoms with van der Waals surface area (Å²) in [6.07, 6.45) is 2.26. The van der Waals surface area contributed by atoms with Gasteiger partial charge >= 0.3 is 5.97 Å². The molecule has 0 fully saturated rings. The Hall–Kier alpha value is -0.610. The molecule has 4 nitrogen and oxygen atoms in total. The van der Waals surface area contributed by atoms with Crippen LogP contribution in [0.3, 0.4) is 0 Å².